The van der Waals surface area contributed by atoms with Crippen molar-refractivity contribution >= 4 is 11.7 Å². The number of nitrogens with zero attached hydrogens (tertiary/aromatic N) is 4. The predicted octanol–water partition coefficient (Wildman–Crippen LogP) is 4.95. The third kappa shape index (κ3) is 5.27. The summed E-state index contributed by atoms with van der Waals surface area (Å²) >= 11 is 0. The summed E-state index contributed by atoms with van der Waals surface area (Å²) in [5.41, 5.74) is 1.39. The summed E-state index contributed by atoms with van der Waals surface area (Å²) in [5.74, 6) is 0.198. The molecule has 0 fully saturated rings. The van der Waals surface area contributed by atoms with Gasteiger partial charge in [-0.1, -0.05) is 18.6 Å². The number of likely N-dealkylation sites (N-methyl/N-ethyl adjacent to an activating group) is 1. The monoisotopic (exact) mass is 445 g/mol. The van der Waals surface area contributed by atoms with E-state index in [0.29, 0.717) is 36.6 Å². The van der Waals surface area contributed by atoms with Crippen LogP contribution in [0.2, 0.25) is 0 Å². The Hall–Kier alpha value is -3.36. The van der Waals surface area contributed by atoms with Crippen molar-refractivity contribution in [3.63, 3.8) is 0 Å². The highest BCUT2D eigenvalue weighted by molar-refractivity contribution is 5.98. The maximum atomic E-state index is 13.5. The van der Waals surface area contributed by atoms with Gasteiger partial charge in [0.25, 0.3) is 5.91 Å². The second-order valence-electron chi connectivity index (χ2n) is 7.44. The summed E-state index contributed by atoms with van der Waals surface area (Å²) in [4.78, 5) is 19.1. The largest absolute Gasteiger partial charge is 0.417 e. The molecular formula is C23H26F3N5O. The molecule has 1 atom stereocenters. The number of benzene rings is 1. The van der Waals surface area contributed by atoms with Gasteiger partial charge in [-0.25, -0.2) is 9.67 Å². The summed E-state index contributed by atoms with van der Waals surface area (Å²) in [6.45, 7) is 6.63. The van der Waals surface area contributed by atoms with Gasteiger partial charge in [0.05, 0.1) is 16.8 Å². The number of halogens is 3. The van der Waals surface area contributed by atoms with E-state index in [1.54, 1.807) is 28.0 Å². The molecule has 1 amide bonds. The highest BCUT2D eigenvalue weighted by atomic mass is 19.4. The van der Waals surface area contributed by atoms with Gasteiger partial charge in [0.15, 0.2) is 0 Å². The van der Waals surface area contributed by atoms with Crippen molar-refractivity contribution in [1.82, 2.24) is 19.7 Å². The van der Waals surface area contributed by atoms with Crippen LogP contribution in [0.4, 0.5) is 19.0 Å². The number of anilines is 1. The molecule has 0 saturated carbocycles. The standard InChI is InChI=1S/C23H26F3N5O/c1-4-18(15-28-21-10-8-17(14-27-21)23(24,25)26)30(5-2)22(32)19-13-16(3)7-9-20(19)31-12-6-11-29-31/h6-14,18H,4-5,15H2,1-3H3,(H,27,28). The van der Waals surface area contributed by atoms with Crippen LogP contribution in [0.15, 0.2) is 55.0 Å². The van der Waals surface area contributed by atoms with Gasteiger partial charge in [-0.15, -0.1) is 0 Å². The minimum atomic E-state index is -4.43. The zero-order chi connectivity index (χ0) is 23.3. The minimum absolute atomic E-state index is 0.129. The third-order valence-corrected chi connectivity index (χ3v) is 5.26. The Morgan fingerprint density at radius 1 is 1.22 bits per heavy atom. The highest BCUT2D eigenvalue weighted by Crippen LogP contribution is 2.29. The van der Waals surface area contributed by atoms with Crippen LogP contribution in [-0.4, -0.2) is 44.7 Å². The fraction of sp³-hybridized carbons (Fsp3) is 0.348. The second-order valence-corrected chi connectivity index (χ2v) is 7.44. The molecule has 0 aliphatic heterocycles. The summed E-state index contributed by atoms with van der Waals surface area (Å²) in [5, 5.41) is 7.31. The maximum absolute atomic E-state index is 13.5. The topological polar surface area (TPSA) is 63.1 Å². The Balaban J connectivity index is 1.79. The maximum Gasteiger partial charge on any atom is 0.417 e. The van der Waals surface area contributed by atoms with Crippen LogP contribution in [0.25, 0.3) is 5.69 Å². The molecule has 0 spiro atoms. The first-order valence-corrected chi connectivity index (χ1v) is 10.4. The molecule has 0 aliphatic rings. The first kappa shape index (κ1) is 23.3. The van der Waals surface area contributed by atoms with Gasteiger partial charge in [0.1, 0.15) is 5.82 Å². The van der Waals surface area contributed by atoms with E-state index in [2.05, 4.69) is 15.4 Å². The number of aromatic nitrogens is 3. The quantitative estimate of drug-likeness (QED) is 0.533. The molecule has 2 aromatic heterocycles. The van der Waals surface area contributed by atoms with Gasteiger partial charge >= 0.3 is 6.18 Å². The number of hydrogen-bond donors (Lipinski definition) is 1. The Morgan fingerprint density at radius 2 is 2.00 bits per heavy atom. The Bertz CT molecular complexity index is 1030. The van der Waals surface area contributed by atoms with E-state index in [4.69, 9.17) is 0 Å². The summed E-state index contributed by atoms with van der Waals surface area (Å²) in [6, 6.07) is 9.55. The van der Waals surface area contributed by atoms with E-state index >= 15 is 0 Å². The highest BCUT2D eigenvalue weighted by Gasteiger charge is 2.30. The van der Waals surface area contributed by atoms with Crippen molar-refractivity contribution in [2.24, 2.45) is 0 Å². The molecular weight excluding hydrogens is 419 g/mol. The predicted molar refractivity (Wildman–Crippen MR) is 117 cm³/mol. The number of aryl methyl sites for hydroxylation is 1. The van der Waals surface area contributed by atoms with Crippen molar-refractivity contribution in [1.29, 1.82) is 0 Å². The minimum Gasteiger partial charge on any atom is -0.368 e. The molecule has 170 valence electrons. The number of rotatable bonds is 8. The average molecular weight is 445 g/mol. The average Bonchev–Trinajstić information content (AvgIpc) is 3.30. The van der Waals surface area contributed by atoms with E-state index < -0.39 is 11.7 Å². The smallest absolute Gasteiger partial charge is 0.368 e. The summed E-state index contributed by atoms with van der Waals surface area (Å²) in [7, 11) is 0. The van der Waals surface area contributed by atoms with Crippen LogP contribution in [0.3, 0.4) is 0 Å². The van der Waals surface area contributed by atoms with Gasteiger partial charge in [-0.3, -0.25) is 4.79 Å². The van der Waals surface area contributed by atoms with E-state index in [0.717, 1.165) is 17.8 Å². The molecule has 3 aromatic rings. The Morgan fingerprint density at radius 3 is 2.56 bits per heavy atom. The molecule has 32 heavy (non-hydrogen) atoms. The number of carbonyl (C=O) groups excluding carboxylic acids is 1. The molecule has 9 heteroatoms. The summed E-state index contributed by atoms with van der Waals surface area (Å²) < 4.78 is 39.9. The third-order valence-electron chi connectivity index (χ3n) is 5.26. The van der Waals surface area contributed by atoms with Crippen molar-refractivity contribution in [3.05, 3.63) is 71.7 Å². The van der Waals surface area contributed by atoms with Gasteiger partial charge in [-0.05, 0) is 50.6 Å². The zero-order valence-electron chi connectivity index (χ0n) is 18.2. The normalized spacial score (nSPS) is 12.4. The van der Waals surface area contributed by atoms with Crippen molar-refractivity contribution in [2.45, 2.75) is 39.4 Å². The molecule has 0 saturated heterocycles. The Kier molecular flexibility index (Phi) is 7.17. The number of nitrogens with one attached hydrogen (secondary N) is 1. The van der Waals surface area contributed by atoms with Crippen LogP contribution in [0, 0.1) is 6.92 Å². The van der Waals surface area contributed by atoms with Crippen LogP contribution >= 0.6 is 0 Å². The Labute approximate surface area is 185 Å². The second kappa shape index (κ2) is 9.84. The van der Waals surface area contributed by atoms with E-state index in [1.807, 2.05) is 39.0 Å². The number of pyridine rings is 1. The zero-order valence-corrected chi connectivity index (χ0v) is 18.2. The first-order chi connectivity index (χ1) is 15.2. The molecule has 6 nitrogen and oxygen atoms in total. The molecule has 1 N–H and O–H groups in total. The molecule has 1 aromatic carbocycles. The van der Waals surface area contributed by atoms with E-state index in [-0.39, 0.29) is 11.9 Å². The van der Waals surface area contributed by atoms with Crippen LogP contribution in [-0.2, 0) is 6.18 Å². The number of hydrogen-bond acceptors (Lipinski definition) is 4. The van der Waals surface area contributed by atoms with Crippen molar-refractivity contribution < 1.29 is 18.0 Å². The van der Waals surface area contributed by atoms with E-state index in [1.165, 1.54) is 6.07 Å². The number of alkyl halides is 3. The lowest BCUT2D eigenvalue weighted by Gasteiger charge is -2.31. The van der Waals surface area contributed by atoms with Crippen LogP contribution in [0.1, 0.15) is 41.8 Å². The summed E-state index contributed by atoms with van der Waals surface area (Å²) in [6.07, 6.45) is 0.475. The fourth-order valence-corrected chi connectivity index (χ4v) is 3.52. The van der Waals surface area contributed by atoms with Crippen LogP contribution in [0.5, 0.6) is 0 Å². The van der Waals surface area contributed by atoms with Gasteiger partial charge in [0.2, 0.25) is 0 Å². The molecule has 2 heterocycles. The lowest BCUT2D eigenvalue weighted by atomic mass is 10.1. The number of amides is 1. The molecule has 3 rings (SSSR count). The van der Waals surface area contributed by atoms with Gasteiger partial charge in [-0.2, -0.15) is 18.3 Å². The molecule has 0 aliphatic carbocycles. The van der Waals surface area contributed by atoms with Crippen molar-refractivity contribution in [2.75, 3.05) is 18.4 Å². The van der Waals surface area contributed by atoms with Crippen molar-refractivity contribution in [3.8, 4) is 5.69 Å². The molecule has 1 unspecified atom stereocenters. The molecule has 0 radical (unpaired) electrons. The first-order valence-electron chi connectivity index (χ1n) is 10.4. The van der Waals surface area contributed by atoms with Crippen LogP contribution < -0.4 is 5.32 Å². The lowest BCUT2D eigenvalue weighted by molar-refractivity contribution is -0.137. The van der Waals surface area contributed by atoms with E-state index in [9.17, 15) is 18.0 Å². The number of carbonyl (C=O) groups is 1. The van der Waals surface area contributed by atoms with Gasteiger partial charge < -0.3 is 10.2 Å². The fourth-order valence-electron chi connectivity index (χ4n) is 3.52. The SMILES string of the molecule is CCC(CNc1ccc(C(F)(F)F)cn1)N(CC)C(=O)c1cc(C)ccc1-n1cccn1. The molecule has 0 bridgehead atoms. The van der Waals surface area contributed by atoms with Gasteiger partial charge in [0, 0.05) is 37.7 Å². The lowest BCUT2D eigenvalue weighted by Crippen LogP contribution is -2.44.